The number of rotatable bonds is 5. The van der Waals surface area contributed by atoms with Gasteiger partial charge in [0.25, 0.3) is 5.56 Å². The van der Waals surface area contributed by atoms with Crippen molar-refractivity contribution in [2.75, 3.05) is 7.11 Å². The first-order chi connectivity index (χ1) is 12.5. The van der Waals surface area contributed by atoms with Gasteiger partial charge in [0.1, 0.15) is 17.8 Å². The van der Waals surface area contributed by atoms with E-state index in [9.17, 15) is 9.59 Å². The highest BCUT2D eigenvalue weighted by molar-refractivity contribution is 5.79. The molecule has 0 unspecified atom stereocenters. The number of nitrogens with one attached hydrogen (secondary N) is 1. The maximum atomic E-state index is 12.5. The van der Waals surface area contributed by atoms with E-state index in [4.69, 9.17) is 4.74 Å². The van der Waals surface area contributed by atoms with E-state index in [2.05, 4.69) is 15.6 Å². The summed E-state index contributed by atoms with van der Waals surface area (Å²) in [5.41, 5.74) is 2.13. The minimum Gasteiger partial charge on any atom is -0.497 e. The standard InChI is InChI=1S/C19H20N4O3/c1-12-4-9-16-17(10-12)21-22-23(19(16)25)11-18(24)20-13(2)14-5-7-15(26-3)8-6-14/h4-10,13H,11H2,1-3H3,(H,20,24)/t13-/m0/s1. The van der Waals surface area contributed by atoms with Crippen LogP contribution in [-0.2, 0) is 11.3 Å². The van der Waals surface area contributed by atoms with Crippen molar-refractivity contribution in [2.24, 2.45) is 0 Å². The van der Waals surface area contributed by atoms with Crippen molar-refractivity contribution in [1.29, 1.82) is 0 Å². The lowest BCUT2D eigenvalue weighted by atomic mass is 10.1. The van der Waals surface area contributed by atoms with Gasteiger partial charge in [-0.15, -0.1) is 5.10 Å². The third kappa shape index (κ3) is 3.72. The monoisotopic (exact) mass is 352 g/mol. The zero-order chi connectivity index (χ0) is 18.7. The number of carbonyl (C=O) groups excluding carboxylic acids is 1. The van der Waals surface area contributed by atoms with Crippen molar-refractivity contribution in [3.63, 3.8) is 0 Å². The number of hydrogen-bond donors (Lipinski definition) is 1. The molecule has 26 heavy (non-hydrogen) atoms. The summed E-state index contributed by atoms with van der Waals surface area (Å²) < 4.78 is 6.20. The molecule has 0 fully saturated rings. The van der Waals surface area contributed by atoms with Gasteiger partial charge in [-0.3, -0.25) is 9.59 Å². The van der Waals surface area contributed by atoms with Gasteiger partial charge in [0.2, 0.25) is 5.91 Å². The van der Waals surface area contributed by atoms with Gasteiger partial charge in [0.15, 0.2) is 0 Å². The molecule has 0 spiro atoms. The second kappa shape index (κ2) is 7.35. The molecule has 0 radical (unpaired) electrons. The minimum atomic E-state index is -0.331. The lowest BCUT2D eigenvalue weighted by Crippen LogP contribution is -2.35. The molecule has 134 valence electrons. The Balaban J connectivity index is 1.73. The number of carbonyl (C=O) groups is 1. The molecule has 0 saturated heterocycles. The van der Waals surface area contributed by atoms with E-state index >= 15 is 0 Å². The Morgan fingerprint density at radius 3 is 2.65 bits per heavy atom. The molecule has 2 aromatic carbocycles. The maximum absolute atomic E-state index is 12.5. The quantitative estimate of drug-likeness (QED) is 0.759. The highest BCUT2D eigenvalue weighted by atomic mass is 16.5. The Labute approximate surface area is 150 Å². The van der Waals surface area contributed by atoms with E-state index in [0.29, 0.717) is 10.9 Å². The summed E-state index contributed by atoms with van der Waals surface area (Å²) in [6.45, 7) is 3.61. The van der Waals surface area contributed by atoms with Crippen molar-refractivity contribution in [3.05, 3.63) is 63.9 Å². The van der Waals surface area contributed by atoms with Crippen LogP contribution in [0.2, 0.25) is 0 Å². The van der Waals surface area contributed by atoms with Crippen LogP contribution >= 0.6 is 0 Å². The number of methoxy groups -OCH3 is 1. The van der Waals surface area contributed by atoms with Crippen molar-refractivity contribution < 1.29 is 9.53 Å². The maximum Gasteiger partial charge on any atom is 0.278 e. The van der Waals surface area contributed by atoms with Crippen LogP contribution in [0.4, 0.5) is 0 Å². The summed E-state index contributed by atoms with van der Waals surface area (Å²) in [5.74, 6) is 0.441. The van der Waals surface area contributed by atoms with Crippen LogP contribution in [0, 0.1) is 6.92 Å². The molecule has 1 amide bonds. The summed E-state index contributed by atoms with van der Waals surface area (Å²) in [4.78, 5) is 24.8. The number of aryl methyl sites for hydroxylation is 1. The Bertz CT molecular complexity index is 996. The van der Waals surface area contributed by atoms with E-state index in [1.54, 1.807) is 19.2 Å². The van der Waals surface area contributed by atoms with Gasteiger partial charge >= 0.3 is 0 Å². The SMILES string of the molecule is COc1ccc([C@H](C)NC(=O)Cn2nnc3cc(C)ccc3c2=O)cc1. The predicted molar refractivity (Wildman–Crippen MR) is 98.1 cm³/mol. The van der Waals surface area contributed by atoms with Crippen LogP contribution in [0.15, 0.2) is 47.3 Å². The number of ether oxygens (including phenoxy) is 1. The van der Waals surface area contributed by atoms with Gasteiger partial charge in [-0.1, -0.05) is 23.4 Å². The molecule has 0 aliphatic heterocycles. The van der Waals surface area contributed by atoms with Crippen LogP contribution in [0.5, 0.6) is 5.75 Å². The van der Waals surface area contributed by atoms with Crippen molar-refractivity contribution in [3.8, 4) is 5.75 Å². The Morgan fingerprint density at radius 1 is 1.23 bits per heavy atom. The number of benzene rings is 2. The Kier molecular flexibility index (Phi) is 4.97. The molecule has 1 aromatic heterocycles. The lowest BCUT2D eigenvalue weighted by Gasteiger charge is -2.15. The second-order valence-corrected chi connectivity index (χ2v) is 6.14. The summed E-state index contributed by atoms with van der Waals surface area (Å²) in [6, 6.07) is 12.6. The van der Waals surface area contributed by atoms with E-state index < -0.39 is 0 Å². The average Bonchev–Trinajstić information content (AvgIpc) is 2.64. The predicted octanol–water partition coefficient (Wildman–Crippen LogP) is 1.99. The molecule has 0 saturated carbocycles. The fourth-order valence-electron chi connectivity index (χ4n) is 2.69. The number of hydrogen-bond acceptors (Lipinski definition) is 5. The molecule has 0 bridgehead atoms. The van der Waals surface area contributed by atoms with Crippen LogP contribution < -0.4 is 15.6 Å². The molecule has 1 N–H and O–H groups in total. The fourth-order valence-corrected chi connectivity index (χ4v) is 2.69. The van der Waals surface area contributed by atoms with Crippen LogP contribution in [0.25, 0.3) is 10.9 Å². The topological polar surface area (TPSA) is 86.1 Å². The highest BCUT2D eigenvalue weighted by Gasteiger charge is 2.13. The molecule has 3 rings (SSSR count). The molecule has 1 atom stereocenters. The van der Waals surface area contributed by atoms with E-state index in [-0.39, 0.29) is 24.1 Å². The molecule has 0 aliphatic rings. The summed E-state index contributed by atoms with van der Waals surface area (Å²) >= 11 is 0. The third-order valence-corrected chi connectivity index (χ3v) is 4.17. The molecule has 0 aliphatic carbocycles. The number of aromatic nitrogens is 3. The van der Waals surface area contributed by atoms with E-state index in [1.165, 1.54) is 0 Å². The molecule has 3 aromatic rings. The second-order valence-electron chi connectivity index (χ2n) is 6.14. The molecule has 1 heterocycles. The Hall–Kier alpha value is -3.22. The average molecular weight is 352 g/mol. The van der Waals surface area contributed by atoms with Crippen LogP contribution in [0.3, 0.4) is 0 Å². The number of nitrogens with zero attached hydrogens (tertiary/aromatic N) is 3. The summed E-state index contributed by atoms with van der Waals surface area (Å²) in [5, 5.41) is 11.2. The lowest BCUT2D eigenvalue weighted by molar-refractivity contribution is -0.122. The van der Waals surface area contributed by atoms with Gasteiger partial charge in [0, 0.05) is 0 Å². The first-order valence-corrected chi connectivity index (χ1v) is 8.25. The summed E-state index contributed by atoms with van der Waals surface area (Å²) in [7, 11) is 1.60. The zero-order valence-corrected chi connectivity index (χ0v) is 14.9. The first-order valence-electron chi connectivity index (χ1n) is 8.25. The smallest absolute Gasteiger partial charge is 0.278 e. The molecule has 7 nitrogen and oxygen atoms in total. The number of fused-ring (bicyclic) bond motifs is 1. The molecular weight excluding hydrogens is 332 g/mol. The summed E-state index contributed by atoms with van der Waals surface area (Å²) in [6.07, 6.45) is 0. The van der Waals surface area contributed by atoms with Crippen molar-refractivity contribution >= 4 is 16.8 Å². The normalized spacial score (nSPS) is 12.0. The van der Waals surface area contributed by atoms with Gasteiger partial charge in [-0.2, -0.15) is 0 Å². The van der Waals surface area contributed by atoms with Crippen LogP contribution in [-0.4, -0.2) is 28.0 Å². The van der Waals surface area contributed by atoms with Gasteiger partial charge in [-0.05, 0) is 49.2 Å². The molecule has 7 heteroatoms. The highest BCUT2D eigenvalue weighted by Crippen LogP contribution is 2.17. The van der Waals surface area contributed by atoms with Crippen molar-refractivity contribution in [2.45, 2.75) is 26.4 Å². The Morgan fingerprint density at radius 2 is 1.96 bits per heavy atom. The largest absolute Gasteiger partial charge is 0.497 e. The van der Waals surface area contributed by atoms with E-state index in [1.807, 2.05) is 44.2 Å². The van der Waals surface area contributed by atoms with Crippen LogP contribution in [0.1, 0.15) is 24.1 Å². The van der Waals surface area contributed by atoms with Gasteiger partial charge < -0.3 is 10.1 Å². The van der Waals surface area contributed by atoms with E-state index in [0.717, 1.165) is 21.6 Å². The fraction of sp³-hybridized carbons (Fsp3) is 0.263. The minimum absolute atomic E-state index is 0.184. The van der Waals surface area contributed by atoms with Crippen molar-refractivity contribution in [1.82, 2.24) is 20.3 Å². The zero-order valence-electron chi connectivity index (χ0n) is 14.9. The molecular formula is C19H20N4O3. The number of amides is 1. The van der Waals surface area contributed by atoms with Gasteiger partial charge in [0.05, 0.1) is 18.5 Å². The van der Waals surface area contributed by atoms with Gasteiger partial charge in [-0.25, -0.2) is 4.68 Å². The third-order valence-electron chi connectivity index (χ3n) is 4.17. The first kappa shape index (κ1) is 17.6.